The summed E-state index contributed by atoms with van der Waals surface area (Å²) in [4.78, 5) is 11.6. The van der Waals surface area contributed by atoms with Crippen molar-refractivity contribution in [1.82, 2.24) is 15.0 Å². The molecule has 5 heterocycles. The summed E-state index contributed by atoms with van der Waals surface area (Å²) in [6.07, 6.45) is -0.365. The molecule has 4 saturated heterocycles. The Morgan fingerprint density at radius 2 is 1.94 bits per heavy atom. The fraction of sp³-hybridized carbons (Fsp3) is 0.900. The highest BCUT2D eigenvalue weighted by Crippen LogP contribution is 2.64. The predicted molar refractivity (Wildman–Crippen MR) is 97.8 cm³/mol. The number of rotatable bonds is 4. The first-order valence-corrected chi connectivity index (χ1v) is 10.9. The van der Waals surface area contributed by atoms with Gasteiger partial charge in [0.1, 0.15) is 0 Å². The smallest absolute Gasteiger partial charge is 0.340 e. The van der Waals surface area contributed by atoms with Crippen LogP contribution >= 0.6 is 0 Å². The molecule has 5 aliphatic rings. The van der Waals surface area contributed by atoms with Gasteiger partial charge in [0.05, 0.1) is 19.3 Å². The zero-order valence-corrected chi connectivity index (χ0v) is 17.8. The molecule has 1 aliphatic carbocycles. The van der Waals surface area contributed by atoms with E-state index in [9.17, 15) is 13.2 Å². The van der Waals surface area contributed by atoms with Gasteiger partial charge in [0.25, 0.3) is 5.79 Å². The zero-order chi connectivity index (χ0) is 22.1. The second-order valence-electron chi connectivity index (χ2n) is 9.50. The number of aromatic nitrogens is 3. The average molecular weight is 447 g/mol. The molecule has 1 aromatic heterocycles. The molecule has 31 heavy (non-hydrogen) atoms. The molecular weight excluding hydrogens is 419 g/mol. The van der Waals surface area contributed by atoms with E-state index >= 15 is 0 Å². The number of alkyl halides is 3. The van der Waals surface area contributed by atoms with Gasteiger partial charge in [-0.05, 0) is 38.0 Å². The molecule has 2 bridgehead atoms. The van der Waals surface area contributed by atoms with Crippen LogP contribution in [0, 0.1) is 23.7 Å². The van der Waals surface area contributed by atoms with Gasteiger partial charge in [0.2, 0.25) is 5.79 Å². The van der Waals surface area contributed by atoms with Crippen molar-refractivity contribution < 1.29 is 37.2 Å². The standard InChI is InChI=1S/C20H28F3N3O5/c1-12-4-5-15-13(2)19(20(21,22)23,27-11-10-26-9-8-24-25-26)29-16-18(15)14(12)6-7-17(3,28-16)30-31-18/h8-9,12-16H,4-7,10-11H2,1-3H3/t12-,13-,14+,15+,16+,17+,18-,19-/m1/s1. The van der Waals surface area contributed by atoms with Crippen molar-refractivity contribution >= 4 is 0 Å². The summed E-state index contributed by atoms with van der Waals surface area (Å²) in [7, 11) is 0. The van der Waals surface area contributed by atoms with Crippen LogP contribution in [0.1, 0.15) is 46.5 Å². The first-order valence-electron chi connectivity index (χ1n) is 10.9. The molecule has 0 unspecified atom stereocenters. The lowest BCUT2D eigenvalue weighted by Gasteiger charge is -2.62. The van der Waals surface area contributed by atoms with Crippen LogP contribution in [0.25, 0.3) is 0 Å². The van der Waals surface area contributed by atoms with Gasteiger partial charge in [-0.1, -0.05) is 19.1 Å². The molecule has 11 heteroatoms. The minimum Gasteiger partial charge on any atom is -0.340 e. The summed E-state index contributed by atoms with van der Waals surface area (Å²) in [5.41, 5.74) is -1.09. The topological polar surface area (TPSA) is 76.9 Å². The Morgan fingerprint density at radius 3 is 2.65 bits per heavy atom. The third kappa shape index (κ3) is 3.07. The third-order valence-corrected chi connectivity index (χ3v) is 7.76. The number of halogens is 3. The molecule has 5 fully saturated rings. The summed E-state index contributed by atoms with van der Waals surface area (Å²) in [6.45, 7) is 5.20. The molecule has 0 aromatic carbocycles. The van der Waals surface area contributed by atoms with Crippen molar-refractivity contribution in [2.75, 3.05) is 6.61 Å². The van der Waals surface area contributed by atoms with E-state index in [-0.39, 0.29) is 25.0 Å². The maximum Gasteiger partial charge on any atom is 0.443 e. The second kappa shape index (κ2) is 7.11. The molecule has 1 saturated carbocycles. The highest BCUT2D eigenvalue weighted by Gasteiger charge is 2.77. The first-order chi connectivity index (χ1) is 14.6. The van der Waals surface area contributed by atoms with Crippen LogP contribution in [0.4, 0.5) is 13.2 Å². The van der Waals surface area contributed by atoms with E-state index in [0.29, 0.717) is 12.8 Å². The van der Waals surface area contributed by atoms with Crippen molar-refractivity contribution in [3.05, 3.63) is 12.4 Å². The molecular formula is C20H28F3N3O5. The molecule has 4 aliphatic heterocycles. The Kier molecular flexibility index (Phi) is 4.95. The van der Waals surface area contributed by atoms with Gasteiger partial charge in [-0.3, -0.25) is 4.68 Å². The van der Waals surface area contributed by atoms with Gasteiger partial charge in [-0.15, -0.1) is 5.10 Å². The normalized spacial score (nSPS) is 47.1. The van der Waals surface area contributed by atoms with Gasteiger partial charge in [0.15, 0.2) is 11.9 Å². The monoisotopic (exact) mass is 447 g/mol. The van der Waals surface area contributed by atoms with Gasteiger partial charge < -0.3 is 14.2 Å². The molecule has 0 amide bonds. The summed E-state index contributed by atoms with van der Waals surface area (Å²) < 4.78 is 62.6. The van der Waals surface area contributed by atoms with Crippen LogP contribution in [-0.4, -0.2) is 51.2 Å². The number of hydrogen-bond donors (Lipinski definition) is 0. The second-order valence-corrected chi connectivity index (χ2v) is 9.50. The zero-order valence-electron chi connectivity index (χ0n) is 17.8. The summed E-state index contributed by atoms with van der Waals surface area (Å²) in [6, 6.07) is 0. The van der Waals surface area contributed by atoms with Crippen molar-refractivity contribution in [2.24, 2.45) is 23.7 Å². The van der Waals surface area contributed by atoms with Crippen molar-refractivity contribution in [3.8, 4) is 0 Å². The van der Waals surface area contributed by atoms with E-state index in [2.05, 4.69) is 17.2 Å². The SMILES string of the molecule is C[C@@H]1CC[C@H]2[C@@H](C)[C@](OCCn3ccnn3)(C(F)(F)F)O[C@@H]3O[C@]4(C)CC[C@@H]1[C@]32OO4. The third-order valence-electron chi connectivity index (χ3n) is 7.76. The molecule has 8 nitrogen and oxygen atoms in total. The average Bonchev–Trinajstić information content (AvgIpc) is 3.11. The lowest BCUT2D eigenvalue weighted by atomic mass is 9.57. The van der Waals surface area contributed by atoms with Gasteiger partial charge in [-0.25, -0.2) is 9.78 Å². The van der Waals surface area contributed by atoms with E-state index in [0.717, 1.165) is 12.8 Å². The van der Waals surface area contributed by atoms with Crippen LogP contribution in [0.15, 0.2) is 12.4 Å². The largest absolute Gasteiger partial charge is 0.443 e. The maximum absolute atomic E-state index is 14.6. The van der Waals surface area contributed by atoms with Crippen LogP contribution in [-0.2, 0) is 30.5 Å². The quantitative estimate of drug-likeness (QED) is 0.655. The van der Waals surface area contributed by atoms with Gasteiger partial charge in [0, 0.05) is 24.5 Å². The minimum atomic E-state index is -4.77. The van der Waals surface area contributed by atoms with E-state index in [1.165, 1.54) is 17.8 Å². The van der Waals surface area contributed by atoms with Crippen LogP contribution in [0.5, 0.6) is 0 Å². The predicted octanol–water partition coefficient (Wildman–Crippen LogP) is 3.44. The van der Waals surface area contributed by atoms with Crippen LogP contribution < -0.4 is 0 Å². The van der Waals surface area contributed by atoms with Gasteiger partial charge in [-0.2, -0.15) is 13.2 Å². The van der Waals surface area contributed by atoms with E-state index in [4.69, 9.17) is 24.0 Å². The fourth-order valence-corrected chi connectivity index (χ4v) is 6.13. The fourth-order valence-electron chi connectivity index (χ4n) is 6.13. The summed E-state index contributed by atoms with van der Waals surface area (Å²) in [5.74, 6) is -5.26. The Morgan fingerprint density at radius 1 is 1.13 bits per heavy atom. The molecule has 1 aromatic rings. The number of fused-ring (bicyclic) bond motifs is 2. The molecule has 0 radical (unpaired) electrons. The van der Waals surface area contributed by atoms with Crippen molar-refractivity contribution in [1.29, 1.82) is 0 Å². The molecule has 1 spiro atoms. The number of hydrogen-bond acceptors (Lipinski definition) is 7. The van der Waals surface area contributed by atoms with Crippen LogP contribution in [0.3, 0.4) is 0 Å². The highest BCUT2D eigenvalue weighted by atomic mass is 19.4. The lowest BCUT2D eigenvalue weighted by Crippen LogP contribution is -2.76. The number of nitrogens with zero attached hydrogens (tertiary/aromatic N) is 3. The lowest BCUT2D eigenvalue weighted by molar-refractivity contribution is -0.599. The van der Waals surface area contributed by atoms with Crippen LogP contribution in [0.2, 0.25) is 0 Å². The minimum absolute atomic E-state index is 0.0237. The summed E-state index contributed by atoms with van der Waals surface area (Å²) in [5, 5.41) is 7.45. The Hall–Kier alpha value is -1.27. The van der Waals surface area contributed by atoms with Crippen molar-refractivity contribution in [2.45, 2.75) is 82.6 Å². The Bertz CT molecular complexity index is 810. The Labute approximate surface area is 178 Å². The molecule has 0 N–H and O–H groups in total. The molecule has 174 valence electrons. The molecule has 6 rings (SSSR count). The Balaban J connectivity index is 1.51. The summed E-state index contributed by atoms with van der Waals surface area (Å²) >= 11 is 0. The van der Waals surface area contributed by atoms with E-state index in [1.807, 2.05) is 0 Å². The number of ether oxygens (including phenoxy) is 3. The first kappa shape index (κ1) is 21.6. The van der Waals surface area contributed by atoms with E-state index < -0.39 is 41.5 Å². The van der Waals surface area contributed by atoms with Crippen molar-refractivity contribution in [3.63, 3.8) is 0 Å². The molecule has 8 atom stereocenters. The van der Waals surface area contributed by atoms with E-state index in [1.54, 1.807) is 13.1 Å². The maximum atomic E-state index is 14.6. The highest BCUT2D eigenvalue weighted by molar-refractivity contribution is 5.12. The van der Waals surface area contributed by atoms with Gasteiger partial charge >= 0.3 is 6.18 Å².